The van der Waals surface area contributed by atoms with Crippen LogP contribution in [0.1, 0.15) is 16.7 Å². The summed E-state index contributed by atoms with van der Waals surface area (Å²) in [4.78, 5) is 2.48. The average molecular weight is 242 g/mol. The molecule has 0 unspecified atom stereocenters. The standard InChI is InChI=1S/C15H18N2O/c1-2-4-15-11-17(10-14(15)3-1)7-6-16-9-13-5-8-18-12-13/h1-5,8,12,16H,6-7,9-11H2. The van der Waals surface area contributed by atoms with Crippen LogP contribution >= 0.6 is 0 Å². The van der Waals surface area contributed by atoms with Gasteiger partial charge in [0, 0.05) is 38.3 Å². The first-order valence-corrected chi connectivity index (χ1v) is 6.43. The molecule has 3 nitrogen and oxygen atoms in total. The van der Waals surface area contributed by atoms with E-state index in [0.29, 0.717) is 0 Å². The first-order chi connectivity index (χ1) is 8.92. The Hall–Kier alpha value is -1.58. The Morgan fingerprint density at radius 3 is 2.56 bits per heavy atom. The lowest BCUT2D eigenvalue weighted by Crippen LogP contribution is -2.28. The molecular weight excluding hydrogens is 224 g/mol. The third-order valence-electron chi connectivity index (χ3n) is 3.42. The molecule has 0 bridgehead atoms. The van der Waals surface area contributed by atoms with E-state index < -0.39 is 0 Å². The van der Waals surface area contributed by atoms with E-state index in [9.17, 15) is 0 Å². The summed E-state index contributed by atoms with van der Waals surface area (Å²) in [5.74, 6) is 0. The highest BCUT2D eigenvalue weighted by molar-refractivity contribution is 5.30. The molecule has 0 saturated heterocycles. The molecule has 0 saturated carbocycles. The summed E-state index contributed by atoms with van der Waals surface area (Å²) in [5, 5.41) is 3.44. The van der Waals surface area contributed by atoms with Gasteiger partial charge in [-0.1, -0.05) is 24.3 Å². The summed E-state index contributed by atoms with van der Waals surface area (Å²) in [6.07, 6.45) is 3.51. The van der Waals surface area contributed by atoms with Gasteiger partial charge in [0.2, 0.25) is 0 Å². The number of nitrogens with one attached hydrogen (secondary N) is 1. The molecule has 2 heterocycles. The molecule has 0 atom stereocenters. The van der Waals surface area contributed by atoms with E-state index in [1.54, 1.807) is 12.5 Å². The number of rotatable bonds is 5. The summed E-state index contributed by atoms with van der Waals surface area (Å²) in [6.45, 7) is 5.16. The van der Waals surface area contributed by atoms with Crippen LogP contribution < -0.4 is 5.32 Å². The Bertz CT molecular complexity index is 468. The minimum atomic E-state index is 0.886. The van der Waals surface area contributed by atoms with Crippen molar-refractivity contribution in [1.29, 1.82) is 0 Å². The monoisotopic (exact) mass is 242 g/mol. The summed E-state index contributed by atoms with van der Waals surface area (Å²) in [6, 6.07) is 10.7. The molecule has 18 heavy (non-hydrogen) atoms. The smallest absolute Gasteiger partial charge is 0.0947 e. The number of hydrogen-bond acceptors (Lipinski definition) is 3. The lowest BCUT2D eigenvalue weighted by Gasteiger charge is -2.14. The molecule has 0 radical (unpaired) electrons. The van der Waals surface area contributed by atoms with Gasteiger partial charge in [-0.15, -0.1) is 0 Å². The van der Waals surface area contributed by atoms with Crippen molar-refractivity contribution in [1.82, 2.24) is 10.2 Å². The van der Waals surface area contributed by atoms with Crippen LogP contribution in [-0.2, 0) is 19.6 Å². The number of hydrogen-bond donors (Lipinski definition) is 1. The van der Waals surface area contributed by atoms with Gasteiger partial charge in [0.1, 0.15) is 0 Å². The zero-order valence-corrected chi connectivity index (χ0v) is 10.4. The minimum Gasteiger partial charge on any atom is -0.472 e. The van der Waals surface area contributed by atoms with Crippen molar-refractivity contribution < 1.29 is 4.42 Å². The molecule has 0 spiro atoms. The Kier molecular flexibility index (Phi) is 3.44. The van der Waals surface area contributed by atoms with Crippen LogP contribution in [0.5, 0.6) is 0 Å². The molecule has 1 N–H and O–H groups in total. The predicted octanol–water partition coefficient (Wildman–Crippen LogP) is 2.39. The summed E-state index contributed by atoms with van der Waals surface area (Å²) in [7, 11) is 0. The zero-order chi connectivity index (χ0) is 12.2. The number of fused-ring (bicyclic) bond motifs is 1. The highest BCUT2D eigenvalue weighted by Gasteiger charge is 2.16. The van der Waals surface area contributed by atoms with E-state index in [2.05, 4.69) is 34.5 Å². The summed E-state index contributed by atoms with van der Waals surface area (Å²) >= 11 is 0. The van der Waals surface area contributed by atoms with Crippen LogP contribution in [0.25, 0.3) is 0 Å². The van der Waals surface area contributed by atoms with Crippen LogP contribution in [0.2, 0.25) is 0 Å². The van der Waals surface area contributed by atoms with E-state index in [0.717, 1.165) is 32.7 Å². The van der Waals surface area contributed by atoms with Crippen LogP contribution in [0.15, 0.2) is 47.3 Å². The molecule has 0 fully saturated rings. The van der Waals surface area contributed by atoms with Gasteiger partial charge in [-0.05, 0) is 17.2 Å². The van der Waals surface area contributed by atoms with Crippen molar-refractivity contribution in [3.63, 3.8) is 0 Å². The third kappa shape index (κ3) is 2.63. The second-order valence-electron chi connectivity index (χ2n) is 4.79. The maximum Gasteiger partial charge on any atom is 0.0947 e. The minimum absolute atomic E-state index is 0.886. The SMILES string of the molecule is c1ccc2c(c1)CN(CCNCc1ccoc1)C2. The molecule has 1 aliphatic heterocycles. The Morgan fingerprint density at radius 2 is 1.89 bits per heavy atom. The number of furan rings is 1. The van der Waals surface area contributed by atoms with Crippen molar-refractivity contribution in [2.75, 3.05) is 13.1 Å². The molecule has 0 amide bonds. The third-order valence-corrected chi connectivity index (χ3v) is 3.42. The van der Waals surface area contributed by atoms with Crippen LogP contribution in [-0.4, -0.2) is 18.0 Å². The molecule has 3 rings (SSSR count). The lowest BCUT2D eigenvalue weighted by atomic mass is 10.1. The van der Waals surface area contributed by atoms with Crippen molar-refractivity contribution in [2.45, 2.75) is 19.6 Å². The highest BCUT2D eigenvalue weighted by Crippen LogP contribution is 2.21. The molecule has 0 aliphatic carbocycles. The highest BCUT2D eigenvalue weighted by atomic mass is 16.3. The zero-order valence-electron chi connectivity index (χ0n) is 10.4. The van der Waals surface area contributed by atoms with Crippen molar-refractivity contribution in [2.24, 2.45) is 0 Å². The maximum atomic E-state index is 5.04. The molecular formula is C15H18N2O. The molecule has 94 valence electrons. The fourth-order valence-electron chi connectivity index (χ4n) is 2.42. The van der Waals surface area contributed by atoms with Crippen LogP contribution in [0, 0.1) is 0 Å². The van der Waals surface area contributed by atoms with E-state index in [1.807, 2.05) is 6.07 Å². The summed E-state index contributed by atoms with van der Waals surface area (Å²) < 4.78 is 5.04. The van der Waals surface area contributed by atoms with Gasteiger partial charge in [0.05, 0.1) is 12.5 Å². The van der Waals surface area contributed by atoms with E-state index in [-0.39, 0.29) is 0 Å². The molecule has 2 aromatic rings. The average Bonchev–Trinajstić information content (AvgIpc) is 3.03. The predicted molar refractivity (Wildman–Crippen MR) is 71.0 cm³/mol. The van der Waals surface area contributed by atoms with E-state index in [4.69, 9.17) is 4.42 Å². The maximum absolute atomic E-state index is 5.04. The van der Waals surface area contributed by atoms with Gasteiger partial charge in [0.25, 0.3) is 0 Å². The Labute approximate surface area is 107 Å². The number of benzene rings is 1. The quantitative estimate of drug-likeness (QED) is 0.816. The Balaban J connectivity index is 1.41. The van der Waals surface area contributed by atoms with Gasteiger partial charge in [0.15, 0.2) is 0 Å². The first kappa shape index (κ1) is 11.5. The van der Waals surface area contributed by atoms with Gasteiger partial charge in [-0.3, -0.25) is 4.90 Å². The van der Waals surface area contributed by atoms with E-state index in [1.165, 1.54) is 16.7 Å². The number of nitrogens with zero attached hydrogens (tertiary/aromatic N) is 1. The fraction of sp³-hybridized carbons (Fsp3) is 0.333. The molecule has 3 heteroatoms. The molecule has 1 aliphatic rings. The largest absolute Gasteiger partial charge is 0.472 e. The second kappa shape index (κ2) is 5.38. The van der Waals surface area contributed by atoms with E-state index >= 15 is 0 Å². The van der Waals surface area contributed by atoms with Gasteiger partial charge in [-0.25, -0.2) is 0 Å². The van der Waals surface area contributed by atoms with Gasteiger partial charge < -0.3 is 9.73 Å². The van der Waals surface area contributed by atoms with Crippen LogP contribution in [0.3, 0.4) is 0 Å². The second-order valence-corrected chi connectivity index (χ2v) is 4.79. The van der Waals surface area contributed by atoms with Crippen molar-refractivity contribution in [3.8, 4) is 0 Å². The normalized spacial score (nSPS) is 14.9. The van der Waals surface area contributed by atoms with Crippen LogP contribution in [0.4, 0.5) is 0 Å². The first-order valence-electron chi connectivity index (χ1n) is 6.43. The van der Waals surface area contributed by atoms with Gasteiger partial charge >= 0.3 is 0 Å². The Morgan fingerprint density at radius 1 is 1.11 bits per heavy atom. The van der Waals surface area contributed by atoms with Crippen molar-refractivity contribution >= 4 is 0 Å². The van der Waals surface area contributed by atoms with Crippen molar-refractivity contribution in [3.05, 3.63) is 59.5 Å². The lowest BCUT2D eigenvalue weighted by molar-refractivity contribution is 0.283. The summed E-state index contributed by atoms with van der Waals surface area (Å²) in [5.41, 5.74) is 4.17. The van der Waals surface area contributed by atoms with Gasteiger partial charge in [-0.2, -0.15) is 0 Å². The fourth-order valence-corrected chi connectivity index (χ4v) is 2.42. The topological polar surface area (TPSA) is 28.4 Å². The molecule has 1 aromatic heterocycles. The molecule has 1 aromatic carbocycles.